The van der Waals surface area contributed by atoms with Gasteiger partial charge in [0.25, 0.3) is 0 Å². The number of ketones is 1. The zero-order chi connectivity index (χ0) is 14.4. The van der Waals surface area contributed by atoms with Gasteiger partial charge in [-0.25, -0.2) is 0 Å². The van der Waals surface area contributed by atoms with Gasteiger partial charge in [-0.3, -0.25) is 4.79 Å². The molecule has 1 atom stereocenters. The summed E-state index contributed by atoms with van der Waals surface area (Å²) in [5, 5.41) is 0. The third kappa shape index (κ3) is 4.34. The highest BCUT2D eigenvalue weighted by Gasteiger charge is 2.21. The third-order valence-electron chi connectivity index (χ3n) is 4.07. The van der Waals surface area contributed by atoms with Crippen molar-refractivity contribution in [3.63, 3.8) is 0 Å². The summed E-state index contributed by atoms with van der Waals surface area (Å²) in [6, 6.07) is 8.15. The third-order valence-corrected chi connectivity index (χ3v) is 4.07. The average Bonchev–Trinajstić information content (AvgIpc) is 2.65. The number of hydrogen-bond donors (Lipinski definition) is 0. The maximum Gasteiger partial charge on any atom is 0.137 e. The summed E-state index contributed by atoms with van der Waals surface area (Å²) in [5.74, 6) is 1.58. The second-order valence-electron chi connectivity index (χ2n) is 5.81. The minimum atomic E-state index is 0.237. The Labute approximate surface area is 121 Å². The number of carbonyl (C=O) groups excluding carboxylic acids is 1. The zero-order valence-corrected chi connectivity index (χ0v) is 12.6. The predicted molar refractivity (Wildman–Crippen MR) is 80.9 cm³/mol. The van der Waals surface area contributed by atoms with Gasteiger partial charge in [-0.15, -0.1) is 0 Å². The van der Waals surface area contributed by atoms with Gasteiger partial charge in [-0.2, -0.15) is 0 Å². The summed E-state index contributed by atoms with van der Waals surface area (Å²) < 4.78 is 5.17. The Hall–Kier alpha value is -1.35. The molecule has 1 saturated carbocycles. The molecule has 0 spiro atoms. The first-order chi connectivity index (χ1) is 9.69. The fourth-order valence-electron chi connectivity index (χ4n) is 2.91. The minimum Gasteiger partial charge on any atom is -0.497 e. The van der Waals surface area contributed by atoms with Crippen LogP contribution in [0.25, 0.3) is 0 Å². The Morgan fingerprint density at radius 1 is 1.20 bits per heavy atom. The molecule has 3 nitrogen and oxygen atoms in total. The monoisotopic (exact) mass is 275 g/mol. The van der Waals surface area contributed by atoms with Gasteiger partial charge in [-0.05, 0) is 37.6 Å². The average molecular weight is 275 g/mol. The molecule has 1 aromatic rings. The first kappa shape index (κ1) is 15.0. The molecule has 2 rings (SSSR count). The number of hydrogen-bond acceptors (Lipinski definition) is 3. The van der Waals surface area contributed by atoms with Crippen LogP contribution in [0.15, 0.2) is 24.3 Å². The number of Topliss-reactive ketones (excluding diaryl/α,β-unsaturated/α-hetero) is 1. The number of rotatable bonds is 5. The fraction of sp³-hybridized carbons (Fsp3) is 0.588. The summed E-state index contributed by atoms with van der Waals surface area (Å²) in [6.07, 6.45) is 5.33. The Morgan fingerprint density at radius 2 is 1.95 bits per heavy atom. The molecular formula is C17H25NO2. The highest BCUT2D eigenvalue weighted by atomic mass is 16.5. The molecule has 110 valence electrons. The number of carbonyl (C=O) groups is 1. The van der Waals surface area contributed by atoms with Crippen LogP contribution in [-0.4, -0.2) is 31.4 Å². The lowest BCUT2D eigenvalue weighted by Gasteiger charge is -2.22. The molecule has 0 saturated heterocycles. The molecule has 20 heavy (non-hydrogen) atoms. The van der Waals surface area contributed by atoms with Gasteiger partial charge >= 0.3 is 0 Å². The van der Waals surface area contributed by atoms with Crippen molar-refractivity contribution in [3.05, 3.63) is 29.8 Å². The van der Waals surface area contributed by atoms with Crippen molar-refractivity contribution < 1.29 is 9.53 Å². The van der Waals surface area contributed by atoms with E-state index in [4.69, 9.17) is 4.74 Å². The highest BCUT2D eigenvalue weighted by Crippen LogP contribution is 2.21. The Kier molecular flexibility index (Phi) is 5.60. The van der Waals surface area contributed by atoms with Gasteiger partial charge in [0.05, 0.1) is 7.11 Å². The lowest BCUT2D eigenvalue weighted by Crippen LogP contribution is -2.29. The van der Waals surface area contributed by atoms with Gasteiger partial charge in [0, 0.05) is 25.4 Å². The summed E-state index contributed by atoms with van der Waals surface area (Å²) in [6.45, 7) is 1.76. The van der Waals surface area contributed by atoms with Crippen molar-refractivity contribution in [1.29, 1.82) is 0 Å². The van der Waals surface area contributed by atoms with E-state index in [2.05, 4.69) is 24.1 Å². The predicted octanol–water partition coefficient (Wildman–Crippen LogP) is 3.28. The Balaban J connectivity index is 1.87. The molecule has 0 aliphatic heterocycles. The lowest BCUT2D eigenvalue weighted by atomic mass is 9.98. The van der Waals surface area contributed by atoms with Crippen LogP contribution in [0.1, 0.15) is 37.7 Å². The minimum absolute atomic E-state index is 0.237. The van der Waals surface area contributed by atoms with Crippen LogP contribution in [0, 0.1) is 5.92 Å². The van der Waals surface area contributed by atoms with Crippen LogP contribution in [-0.2, 0) is 11.3 Å². The van der Waals surface area contributed by atoms with E-state index in [-0.39, 0.29) is 5.92 Å². The van der Waals surface area contributed by atoms with Crippen LogP contribution >= 0.6 is 0 Å². The van der Waals surface area contributed by atoms with Crippen molar-refractivity contribution in [2.24, 2.45) is 5.92 Å². The van der Waals surface area contributed by atoms with E-state index in [1.807, 2.05) is 12.1 Å². The van der Waals surface area contributed by atoms with Crippen LogP contribution in [0.4, 0.5) is 0 Å². The zero-order valence-electron chi connectivity index (χ0n) is 12.6. The molecule has 0 radical (unpaired) electrons. The van der Waals surface area contributed by atoms with Crippen molar-refractivity contribution in [1.82, 2.24) is 4.90 Å². The van der Waals surface area contributed by atoms with E-state index in [1.165, 1.54) is 18.4 Å². The van der Waals surface area contributed by atoms with E-state index in [1.54, 1.807) is 7.11 Å². The van der Waals surface area contributed by atoms with Crippen LogP contribution in [0.3, 0.4) is 0 Å². The lowest BCUT2D eigenvalue weighted by molar-refractivity contribution is -0.123. The number of benzene rings is 1. The maximum absolute atomic E-state index is 12.0. The van der Waals surface area contributed by atoms with Crippen molar-refractivity contribution >= 4 is 5.78 Å². The normalized spacial score (nSPS) is 19.9. The van der Waals surface area contributed by atoms with Crippen LogP contribution in [0.2, 0.25) is 0 Å². The number of methoxy groups -OCH3 is 1. The van der Waals surface area contributed by atoms with Crippen LogP contribution < -0.4 is 4.74 Å². The van der Waals surface area contributed by atoms with Crippen LogP contribution in [0.5, 0.6) is 5.75 Å². The smallest absolute Gasteiger partial charge is 0.137 e. The number of nitrogens with zero attached hydrogens (tertiary/aromatic N) is 1. The molecule has 0 amide bonds. The van der Waals surface area contributed by atoms with Crippen molar-refractivity contribution in [3.8, 4) is 5.75 Å². The quantitative estimate of drug-likeness (QED) is 0.772. The number of ether oxygens (including phenoxy) is 1. The van der Waals surface area contributed by atoms with Crippen molar-refractivity contribution in [2.45, 2.75) is 38.6 Å². The van der Waals surface area contributed by atoms with Gasteiger partial charge in [0.1, 0.15) is 11.5 Å². The maximum atomic E-state index is 12.0. The molecule has 1 unspecified atom stereocenters. The second kappa shape index (κ2) is 7.44. The van der Waals surface area contributed by atoms with Crippen molar-refractivity contribution in [2.75, 3.05) is 20.7 Å². The highest BCUT2D eigenvalue weighted by molar-refractivity contribution is 5.81. The summed E-state index contributed by atoms with van der Waals surface area (Å²) in [7, 11) is 3.78. The van der Waals surface area contributed by atoms with E-state index >= 15 is 0 Å². The molecule has 0 bridgehead atoms. The van der Waals surface area contributed by atoms with Gasteiger partial charge in [-0.1, -0.05) is 25.0 Å². The molecule has 1 aliphatic rings. The van der Waals surface area contributed by atoms with Gasteiger partial charge in [0.2, 0.25) is 0 Å². The molecule has 1 aliphatic carbocycles. The van der Waals surface area contributed by atoms with E-state index in [0.29, 0.717) is 5.78 Å². The topological polar surface area (TPSA) is 29.5 Å². The standard InChI is InChI=1S/C17H25NO2/c1-18(12-14-8-10-16(20-2)11-9-14)13-15-6-4-3-5-7-17(15)19/h8-11,15H,3-7,12-13H2,1-2H3. The molecule has 0 heterocycles. The molecule has 1 aromatic carbocycles. The van der Waals surface area contributed by atoms with E-state index < -0.39 is 0 Å². The Morgan fingerprint density at radius 3 is 2.65 bits per heavy atom. The first-order valence-electron chi connectivity index (χ1n) is 7.53. The molecule has 1 fully saturated rings. The Bertz CT molecular complexity index is 427. The molecule has 0 aromatic heterocycles. The molecular weight excluding hydrogens is 250 g/mol. The second-order valence-corrected chi connectivity index (χ2v) is 5.81. The summed E-state index contributed by atoms with van der Waals surface area (Å²) in [5.41, 5.74) is 1.26. The fourth-order valence-corrected chi connectivity index (χ4v) is 2.91. The first-order valence-corrected chi connectivity index (χ1v) is 7.53. The van der Waals surface area contributed by atoms with Gasteiger partial charge < -0.3 is 9.64 Å². The summed E-state index contributed by atoms with van der Waals surface area (Å²) in [4.78, 5) is 14.3. The van der Waals surface area contributed by atoms with Gasteiger partial charge in [0.15, 0.2) is 0 Å². The SMILES string of the molecule is COc1ccc(CN(C)CC2CCCCCC2=O)cc1. The molecule has 3 heteroatoms. The van der Waals surface area contributed by atoms with E-state index in [0.717, 1.165) is 38.1 Å². The molecule has 0 N–H and O–H groups in total. The largest absolute Gasteiger partial charge is 0.497 e. The summed E-state index contributed by atoms with van der Waals surface area (Å²) >= 11 is 0. The van der Waals surface area contributed by atoms with E-state index in [9.17, 15) is 4.79 Å².